The molecule has 0 N–H and O–H groups in total. The van der Waals surface area contributed by atoms with Gasteiger partial charge in [0.1, 0.15) is 0 Å². The zero-order chi connectivity index (χ0) is 18.0. The second-order valence-electron chi connectivity index (χ2n) is 6.83. The SMILES string of the molecule is COC(=O)[C@@H]1CCN(C(=O)[C@@H]2CC(=O)N([C@@H](C)c3ccccc3)C2)C1. The Bertz CT molecular complexity index is 661. The van der Waals surface area contributed by atoms with Crippen molar-refractivity contribution in [3.8, 4) is 0 Å². The Morgan fingerprint density at radius 3 is 2.56 bits per heavy atom. The zero-order valence-electron chi connectivity index (χ0n) is 14.7. The quantitative estimate of drug-likeness (QED) is 0.779. The molecule has 0 bridgehead atoms. The van der Waals surface area contributed by atoms with Gasteiger partial charge in [0.2, 0.25) is 11.8 Å². The summed E-state index contributed by atoms with van der Waals surface area (Å²) in [4.78, 5) is 40.3. The summed E-state index contributed by atoms with van der Waals surface area (Å²) in [5.74, 6) is -0.849. The molecule has 3 atom stereocenters. The molecule has 1 aromatic rings. The Kier molecular flexibility index (Phi) is 5.06. The molecule has 0 saturated carbocycles. The number of methoxy groups -OCH3 is 1. The van der Waals surface area contributed by atoms with Crippen LogP contribution in [0.1, 0.15) is 31.4 Å². The number of ether oxygens (including phenoxy) is 1. The van der Waals surface area contributed by atoms with Crippen molar-refractivity contribution >= 4 is 17.8 Å². The normalized spacial score (nSPS) is 24.5. The van der Waals surface area contributed by atoms with Gasteiger partial charge in [-0.15, -0.1) is 0 Å². The molecule has 2 heterocycles. The van der Waals surface area contributed by atoms with Crippen LogP contribution in [0.4, 0.5) is 0 Å². The van der Waals surface area contributed by atoms with Crippen LogP contribution in [0.15, 0.2) is 30.3 Å². The van der Waals surface area contributed by atoms with E-state index in [1.807, 2.05) is 37.3 Å². The van der Waals surface area contributed by atoms with Gasteiger partial charge in [-0.1, -0.05) is 30.3 Å². The van der Waals surface area contributed by atoms with E-state index in [0.717, 1.165) is 5.56 Å². The second kappa shape index (κ2) is 7.25. The van der Waals surface area contributed by atoms with Crippen molar-refractivity contribution in [2.24, 2.45) is 11.8 Å². The first-order chi connectivity index (χ1) is 12.0. The van der Waals surface area contributed by atoms with Crippen LogP contribution in [0, 0.1) is 11.8 Å². The van der Waals surface area contributed by atoms with E-state index in [-0.39, 0.29) is 42.1 Å². The lowest BCUT2D eigenvalue weighted by Gasteiger charge is -2.26. The summed E-state index contributed by atoms with van der Waals surface area (Å²) in [6.07, 6.45) is 0.874. The molecule has 0 aromatic heterocycles. The summed E-state index contributed by atoms with van der Waals surface area (Å²) in [6.45, 7) is 3.37. The van der Waals surface area contributed by atoms with Crippen LogP contribution >= 0.6 is 0 Å². The van der Waals surface area contributed by atoms with E-state index in [1.54, 1.807) is 9.80 Å². The third kappa shape index (κ3) is 3.52. The Labute approximate surface area is 147 Å². The fraction of sp³-hybridized carbons (Fsp3) is 0.526. The molecule has 0 radical (unpaired) electrons. The van der Waals surface area contributed by atoms with Crippen LogP contribution in [-0.2, 0) is 19.1 Å². The number of likely N-dealkylation sites (tertiary alicyclic amines) is 2. The van der Waals surface area contributed by atoms with Crippen LogP contribution in [0.5, 0.6) is 0 Å². The predicted octanol–water partition coefficient (Wildman–Crippen LogP) is 1.62. The lowest BCUT2D eigenvalue weighted by Crippen LogP contribution is -2.37. The van der Waals surface area contributed by atoms with E-state index in [4.69, 9.17) is 4.74 Å². The fourth-order valence-electron chi connectivity index (χ4n) is 3.76. The summed E-state index contributed by atoms with van der Waals surface area (Å²) in [5.41, 5.74) is 1.07. The van der Waals surface area contributed by atoms with E-state index < -0.39 is 0 Å². The van der Waals surface area contributed by atoms with Gasteiger partial charge in [0.15, 0.2) is 0 Å². The van der Waals surface area contributed by atoms with Gasteiger partial charge in [-0.2, -0.15) is 0 Å². The van der Waals surface area contributed by atoms with Crippen molar-refractivity contribution < 1.29 is 19.1 Å². The van der Waals surface area contributed by atoms with E-state index >= 15 is 0 Å². The van der Waals surface area contributed by atoms with E-state index in [9.17, 15) is 14.4 Å². The van der Waals surface area contributed by atoms with Gasteiger partial charge in [-0.3, -0.25) is 14.4 Å². The average molecular weight is 344 g/mol. The Morgan fingerprint density at radius 1 is 1.16 bits per heavy atom. The minimum atomic E-state index is -0.324. The number of nitrogens with zero attached hydrogens (tertiary/aromatic N) is 2. The number of esters is 1. The number of carbonyl (C=O) groups is 3. The first-order valence-electron chi connectivity index (χ1n) is 8.72. The second-order valence-corrected chi connectivity index (χ2v) is 6.83. The molecule has 2 aliphatic heterocycles. The Balaban J connectivity index is 1.62. The van der Waals surface area contributed by atoms with Crippen LogP contribution in [-0.4, -0.2) is 54.3 Å². The molecule has 0 unspecified atom stereocenters. The minimum Gasteiger partial charge on any atom is -0.469 e. The highest BCUT2D eigenvalue weighted by Gasteiger charge is 2.41. The number of rotatable bonds is 4. The van der Waals surface area contributed by atoms with E-state index in [2.05, 4.69) is 0 Å². The molecule has 2 fully saturated rings. The lowest BCUT2D eigenvalue weighted by atomic mass is 10.1. The van der Waals surface area contributed by atoms with E-state index in [0.29, 0.717) is 26.1 Å². The molecule has 0 aliphatic carbocycles. The molecule has 25 heavy (non-hydrogen) atoms. The highest BCUT2D eigenvalue weighted by atomic mass is 16.5. The highest BCUT2D eigenvalue weighted by Crippen LogP contribution is 2.30. The highest BCUT2D eigenvalue weighted by molar-refractivity contribution is 5.90. The number of carbonyl (C=O) groups excluding carboxylic acids is 3. The third-order valence-corrected chi connectivity index (χ3v) is 5.29. The largest absolute Gasteiger partial charge is 0.469 e. The Morgan fingerprint density at radius 2 is 1.88 bits per heavy atom. The van der Waals surface area contributed by atoms with Crippen molar-refractivity contribution in [3.05, 3.63) is 35.9 Å². The van der Waals surface area contributed by atoms with Gasteiger partial charge >= 0.3 is 5.97 Å². The van der Waals surface area contributed by atoms with Crippen molar-refractivity contribution in [1.29, 1.82) is 0 Å². The van der Waals surface area contributed by atoms with Crippen molar-refractivity contribution in [2.75, 3.05) is 26.7 Å². The maximum Gasteiger partial charge on any atom is 0.310 e. The third-order valence-electron chi connectivity index (χ3n) is 5.29. The predicted molar refractivity (Wildman–Crippen MR) is 91.4 cm³/mol. The number of hydrogen-bond acceptors (Lipinski definition) is 4. The van der Waals surface area contributed by atoms with Gasteiger partial charge in [-0.25, -0.2) is 0 Å². The molecule has 0 spiro atoms. The van der Waals surface area contributed by atoms with Crippen LogP contribution < -0.4 is 0 Å². The monoisotopic (exact) mass is 344 g/mol. The maximum absolute atomic E-state index is 12.7. The first kappa shape index (κ1) is 17.5. The summed E-state index contributed by atoms with van der Waals surface area (Å²) < 4.78 is 4.76. The smallest absolute Gasteiger partial charge is 0.310 e. The maximum atomic E-state index is 12.7. The van der Waals surface area contributed by atoms with Gasteiger partial charge < -0.3 is 14.5 Å². The standard InChI is InChI=1S/C19H24N2O4/c1-13(14-6-4-3-5-7-14)21-12-16(10-17(21)22)18(23)20-9-8-15(11-20)19(24)25-2/h3-7,13,15-16H,8-12H2,1-2H3/t13-,15+,16+/m0/s1. The van der Waals surface area contributed by atoms with Gasteiger partial charge in [0.25, 0.3) is 0 Å². The zero-order valence-corrected chi connectivity index (χ0v) is 14.7. The van der Waals surface area contributed by atoms with Gasteiger partial charge in [0.05, 0.1) is 25.0 Å². The van der Waals surface area contributed by atoms with Gasteiger partial charge in [0, 0.05) is 26.1 Å². The molecule has 3 rings (SSSR count). The molecule has 1 aromatic carbocycles. The summed E-state index contributed by atoms with van der Waals surface area (Å²) in [5, 5.41) is 0. The minimum absolute atomic E-state index is 0.0124. The summed E-state index contributed by atoms with van der Waals surface area (Å²) in [7, 11) is 1.37. The fourth-order valence-corrected chi connectivity index (χ4v) is 3.76. The topological polar surface area (TPSA) is 66.9 Å². The van der Waals surface area contributed by atoms with Gasteiger partial charge in [-0.05, 0) is 18.9 Å². The Hall–Kier alpha value is -2.37. The number of amides is 2. The average Bonchev–Trinajstić information content (AvgIpc) is 3.27. The molecule has 6 nitrogen and oxygen atoms in total. The number of benzene rings is 1. The lowest BCUT2D eigenvalue weighted by molar-refractivity contribution is -0.145. The molecule has 6 heteroatoms. The molecule has 2 saturated heterocycles. The van der Waals surface area contributed by atoms with Crippen LogP contribution in [0.25, 0.3) is 0 Å². The van der Waals surface area contributed by atoms with Crippen LogP contribution in [0.3, 0.4) is 0 Å². The molecule has 2 aliphatic rings. The molecular weight excluding hydrogens is 320 g/mol. The van der Waals surface area contributed by atoms with E-state index in [1.165, 1.54) is 7.11 Å². The van der Waals surface area contributed by atoms with Crippen LogP contribution in [0.2, 0.25) is 0 Å². The molecule has 2 amide bonds. The van der Waals surface area contributed by atoms with Crippen molar-refractivity contribution in [2.45, 2.75) is 25.8 Å². The first-order valence-corrected chi connectivity index (χ1v) is 8.72. The summed E-state index contributed by atoms with van der Waals surface area (Å²) in [6, 6.07) is 9.79. The molecule has 134 valence electrons. The van der Waals surface area contributed by atoms with Crippen molar-refractivity contribution in [1.82, 2.24) is 9.80 Å². The number of hydrogen-bond donors (Lipinski definition) is 0. The van der Waals surface area contributed by atoms with Crippen molar-refractivity contribution in [3.63, 3.8) is 0 Å². The molecular formula is C19H24N2O4. The summed E-state index contributed by atoms with van der Waals surface area (Å²) >= 11 is 0.